The second-order valence-electron chi connectivity index (χ2n) is 5.66. The van der Waals surface area contributed by atoms with Crippen LogP contribution in [0.5, 0.6) is 0 Å². The lowest BCUT2D eigenvalue weighted by molar-refractivity contribution is -0.385. The van der Waals surface area contributed by atoms with E-state index in [2.05, 4.69) is 5.32 Å². The Kier molecular flexibility index (Phi) is 6.52. The summed E-state index contributed by atoms with van der Waals surface area (Å²) in [5.41, 5.74) is 0.831. The van der Waals surface area contributed by atoms with Gasteiger partial charge in [-0.05, 0) is 51.4 Å². The molecule has 0 bridgehead atoms. The van der Waals surface area contributed by atoms with Gasteiger partial charge in [-0.1, -0.05) is 0 Å². The number of hydrogen-bond donors (Lipinski definition) is 1. The fourth-order valence-corrected chi connectivity index (χ4v) is 4.46. The summed E-state index contributed by atoms with van der Waals surface area (Å²) in [6, 6.07) is 2.66. The van der Waals surface area contributed by atoms with E-state index in [-0.39, 0.29) is 29.0 Å². The SMILES string of the molecule is Cc1cc(C)c(S(=O)(=O)N(C)C2CCNCC2)cc1[N+](=O)[O-].Cl. The monoisotopic (exact) mass is 363 g/mol. The molecular formula is C14H22ClN3O4S. The van der Waals surface area contributed by atoms with Crippen molar-refractivity contribution in [1.29, 1.82) is 0 Å². The number of nitrogens with zero attached hydrogens (tertiary/aromatic N) is 2. The van der Waals surface area contributed by atoms with Crippen molar-refractivity contribution in [2.45, 2.75) is 37.6 Å². The number of halogens is 1. The topological polar surface area (TPSA) is 92.6 Å². The summed E-state index contributed by atoms with van der Waals surface area (Å²) in [4.78, 5) is 10.5. The summed E-state index contributed by atoms with van der Waals surface area (Å²) in [7, 11) is -2.19. The third kappa shape index (κ3) is 4.00. The Morgan fingerprint density at radius 2 is 1.78 bits per heavy atom. The molecule has 1 N–H and O–H groups in total. The minimum absolute atomic E-state index is 0. The Morgan fingerprint density at radius 1 is 1.22 bits per heavy atom. The van der Waals surface area contributed by atoms with E-state index in [1.165, 1.54) is 10.4 Å². The number of aryl methyl sites for hydroxylation is 2. The van der Waals surface area contributed by atoms with Gasteiger partial charge in [0.25, 0.3) is 5.69 Å². The van der Waals surface area contributed by atoms with Gasteiger partial charge in [-0.3, -0.25) is 10.1 Å². The fraction of sp³-hybridized carbons (Fsp3) is 0.571. The molecule has 2 rings (SSSR count). The highest BCUT2D eigenvalue weighted by molar-refractivity contribution is 7.89. The van der Waals surface area contributed by atoms with E-state index in [1.54, 1.807) is 27.0 Å². The molecule has 0 spiro atoms. The predicted molar refractivity (Wildman–Crippen MR) is 90.7 cm³/mol. The highest BCUT2D eigenvalue weighted by Crippen LogP contribution is 2.29. The summed E-state index contributed by atoms with van der Waals surface area (Å²) in [6.45, 7) is 4.83. The molecule has 1 aliphatic heterocycles. The molecule has 130 valence electrons. The average Bonchev–Trinajstić information content (AvgIpc) is 2.46. The molecule has 0 aliphatic carbocycles. The van der Waals surface area contributed by atoms with Crippen molar-refractivity contribution < 1.29 is 13.3 Å². The van der Waals surface area contributed by atoms with Crippen LogP contribution in [0.4, 0.5) is 5.69 Å². The van der Waals surface area contributed by atoms with E-state index < -0.39 is 14.9 Å². The van der Waals surface area contributed by atoms with Crippen LogP contribution in [0.25, 0.3) is 0 Å². The van der Waals surface area contributed by atoms with Crippen LogP contribution in [-0.4, -0.2) is 43.8 Å². The minimum Gasteiger partial charge on any atom is -0.317 e. The summed E-state index contributed by atoms with van der Waals surface area (Å²) < 4.78 is 27.0. The third-order valence-electron chi connectivity index (χ3n) is 4.17. The molecule has 1 aromatic rings. The van der Waals surface area contributed by atoms with Crippen LogP contribution in [0.3, 0.4) is 0 Å². The molecule has 1 fully saturated rings. The van der Waals surface area contributed by atoms with Crippen molar-refractivity contribution in [2.75, 3.05) is 20.1 Å². The maximum absolute atomic E-state index is 12.8. The van der Waals surface area contributed by atoms with Crippen LogP contribution in [0.2, 0.25) is 0 Å². The highest BCUT2D eigenvalue weighted by atomic mass is 35.5. The first-order chi connectivity index (χ1) is 10.2. The molecule has 1 aromatic carbocycles. The van der Waals surface area contributed by atoms with E-state index in [1.807, 2.05) is 0 Å². The van der Waals surface area contributed by atoms with Gasteiger partial charge in [-0.25, -0.2) is 8.42 Å². The molecule has 9 heteroatoms. The Morgan fingerprint density at radius 3 is 2.30 bits per heavy atom. The van der Waals surface area contributed by atoms with E-state index in [4.69, 9.17) is 0 Å². The van der Waals surface area contributed by atoms with Gasteiger partial charge in [0.2, 0.25) is 10.0 Å². The quantitative estimate of drug-likeness (QED) is 0.652. The summed E-state index contributed by atoms with van der Waals surface area (Å²) >= 11 is 0. The van der Waals surface area contributed by atoms with Gasteiger partial charge in [-0.15, -0.1) is 12.4 Å². The van der Waals surface area contributed by atoms with Gasteiger partial charge < -0.3 is 5.32 Å². The van der Waals surface area contributed by atoms with E-state index in [0.29, 0.717) is 11.1 Å². The molecule has 0 aromatic heterocycles. The minimum atomic E-state index is -3.74. The molecule has 0 atom stereocenters. The number of hydrogen-bond acceptors (Lipinski definition) is 5. The van der Waals surface area contributed by atoms with Gasteiger partial charge in [0.1, 0.15) is 0 Å². The lowest BCUT2D eigenvalue weighted by Gasteiger charge is -2.31. The lowest BCUT2D eigenvalue weighted by Crippen LogP contribution is -2.44. The van der Waals surface area contributed by atoms with E-state index in [9.17, 15) is 18.5 Å². The number of nitro groups is 1. The van der Waals surface area contributed by atoms with Crippen molar-refractivity contribution in [1.82, 2.24) is 9.62 Å². The standard InChI is InChI=1S/C14H21N3O4S.ClH/c1-10-8-11(2)14(9-13(10)17(18)19)22(20,21)16(3)12-4-6-15-7-5-12;/h8-9,12,15H,4-7H2,1-3H3;1H. The zero-order valence-corrected chi connectivity index (χ0v) is 15.0. The Balaban J connectivity index is 0.00000264. The number of sulfonamides is 1. The van der Waals surface area contributed by atoms with Crippen LogP contribution < -0.4 is 5.32 Å². The average molecular weight is 364 g/mol. The molecule has 7 nitrogen and oxygen atoms in total. The first kappa shape index (κ1) is 19.8. The van der Waals surface area contributed by atoms with Gasteiger partial charge in [0, 0.05) is 24.7 Å². The van der Waals surface area contributed by atoms with Gasteiger partial charge in [0.15, 0.2) is 0 Å². The normalized spacial score (nSPS) is 16.2. The largest absolute Gasteiger partial charge is 0.317 e. The molecule has 0 unspecified atom stereocenters. The molecule has 23 heavy (non-hydrogen) atoms. The zero-order valence-electron chi connectivity index (χ0n) is 13.4. The fourth-order valence-electron chi connectivity index (χ4n) is 2.82. The van der Waals surface area contributed by atoms with Gasteiger partial charge in [0.05, 0.1) is 9.82 Å². The predicted octanol–water partition coefficient (Wildman–Crippen LogP) is 2.01. The number of benzene rings is 1. The molecule has 0 amide bonds. The second-order valence-corrected chi connectivity index (χ2v) is 7.63. The number of nitrogens with one attached hydrogen (secondary N) is 1. The van der Waals surface area contributed by atoms with Crippen LogP contribution in [-0.2, 0) is 10.0 Å². The van der Waals surface area contributed by atoms with Crippen molar-refractivity contribution in [3.8, 4) is 0 Å². The Bertz CT molecular complexity index is 688. The van der Waals surface area contributed by atoms with Crippen LogP contribution in [0, 0.1) is 24.0 Å². The molecular weight excluding hydrogens is 342 g/mol. The number of piperidine rings is 1. The van der Waals surface area contributed by atoms with Gasteiger partial charge >= 0.3 is 0 Å². The number of nitro benzene ring substituents is 1. The molecule has 0 radical (unpaired) electrons. The number of rotatable bonds is 4. The van der Waals surface area contributed by atoms with Crippen molar-refractivity contribution in [3.05, 3.63) is 33.4 Å². The van der Waals surface area contributed by atoms with E-state index in [0.717, 1.165) is 25.9 Å². The molecule has 1 saturated heterocycles. The summed E-state index contributed by atoms with van der Waals surface area (Å²) in [5, 5.41) is 14.3. The van der Waals surface area contributed by atoms with Crippen LogP contribution in [0.1, 0.15) is 24.0 Å². The van der Waals surface area contributed by atoms with Crippen molar-refractivity contribution in [2.24, 2.45) is 0 Å². The first-order valence-electron chi connectivity index (χ1n) is 7.19. The molecule has 1 heterocycles. The maximum Gasteiger partial charge on any atom is 0.273 e. The second kappa shape index (κ2) is 7.57. The summed E-state index contributed by atoms with van der Waals surface area (Å²) in [6.07, 6.45) is 1.48. The first-order valence-corrected chi connectivity index (χ1v) is 8.63. The molecule has 0 saturated carbocycles. The lowest BCUT2D eigenvalue weighted by atomic mass is 10.1. The van der Waals surface area contributed by atoms with Crippen molar-refractivity contribution >= 4 is 28.1 Å². The third-order valence-corrected chi connectivity index (χ3v) is 6.22. The van der Waals surface area contributed by atoms with Crippen molar-refractivity contribution in [3.63, 3.8) is 0 Å². The summed E-state index contributed by atoms with van der Waals surface area (Å²) in [5.74, 6) is 0. The zero-order chi connectivity index (χ0) is 16.5. The van der Waals surface area contributed by atoms with Crippen LogP contribution >= 0.6 is 12.4 Å². The van der Waals surface area contributed by atoms with Gasteiger partial charge in [-0.2, -0.15) is 4.31 Å². The smallest absolute Gasteiger partial charge is 0.273 e. The molecule has 1 aliphatic rings. The Hall–Kier alpha value is -1.22. The highest BCUT2D eigenvalue weighted by Gasteiger charge is 2.31. The van der Waals surface area contributed by atoms with E-state index >= 15 is 0 Å². The maximum atomic E-state index is 12.8. The Labute approximate surface area is 142 Å². The van der Waals surface area contributed by atoms with Crippen LogP contribution in [0.15, 0.2) is 17.0 Å².